The molecule has 0 saturated carbocycles. The summed E-state index contributed by atoms with van der Waals surface area (Å²) in [5.41, 5.74) is 1.11. The quantitative estimate of drug-likeness (QED) is 0.909. The first kappa shape index (κ1) is 12.8. The molecule has 2 heterocycles. The highest BCUT2D eigenvalue weighted by molar-refractivity contribution is 9.11. The lowest BCUT2D eigenvalue weighted by Crippen LogP contribution is -2.18. The van der Waals surface area contributed by atoms with Crippen molar-refractivity contribution in [2.45, 2.75) is 20.4 Å². The fourth-order valence-electron chi connectivity index (χ4n) is 1.52. The molecule has 0 bridgehead atoms. The Balaban J connectivity index is 2.07. The SMILES string of the molecule is CC(C)CNCc1cnoc1-c1ccc(Br)s1. The van der Waals surface area contributed by atoms with Crippen LogP contribution in [0.2, 0.25) is 0 Å². The summed E-state index contributed by atoms with van der Waals surface area (Å²) in [4.78, 5) is 1.11. The molecule has 3 nitrogen and oxygen atoms in total. The maximum Gasteiger partial charge on any atom is 0.181 e. The zero-order valence-electron chi connectivity index (χ0n) is 9.87. The van der Waals surface area contributed by atoms with E-state index in [4.69, 9.17) is 4.52 Å². The number of aromatic nitrogens is 1. The van der Waals surface area contributed by atoms with Gasteiger partial charge in [0, 0.05) is 12.1 Å². The van der Waals surface area contributed by atoms with Crippen LogP contribution in [-0.4, -0.2) is 11.7 Å². The number of hydrogen-bond acceptors (Lipinski definition) is 4. The summed E-state index contributed by atoms with van der Waals surface area (Å²) in [7, 11) is 0. The van der Waals surface area contributed by atoms with Crippen molar-refractivity contribution >= 4 is 27.3 Å². The van der Waals surface area contributed by atoms with Crippen LogP contribution in [0.15, 0.2) is 26.6 Å². The van der Waals surface area contributed by atoms with Crippen LogP contribution in [0.4, 0.5) is 0 Å². The lowest BCUT2D eigenvalue weighted by atomic mass is 10.2. The molecule has 0 aromatic carbocycles. The first-order chi connectivity index (χ1) is 8.16. The lowest BCUT2D eigenvalue weighted by Gasteiger charge is -2.06. The normalized spacial score (nSPS) is 11.3. The Kier molecular flexibility index (Phi) is 4.36. The van der Waals surface area contributed by atoms with E-state index in [1.807, 2.05) is 12.1 Å². The third kappa shape index (κ3) is 3.40. The van der Waals surface area contributed by atoms with Crippen molar-refractivity contribution in [1.82, 2.24) is 10.5 Å². The van der Waals surface area contributed by atoms with Crippen molar-refractivity contribution in [2.24, 2.45) is 5.92 Å². The standard InChI is InChI=1S/C12H15BrN2OS/c1-8(2)5-14-6-9-7-15-16-12(9)10-3-4-11(13)17-10/h3-4,7-8,14H,5-6H2,1-2H3. The first-order valence-corrected chi connectivity index (χ1v) is 7.17. The molecule has 5 heteroatoms. The summed E-state index contributed by atoms with van der Waals surface area (Å²) in [6.45, 7) is 6.18. The van der Waals surface area contributed by atoms with Crippen LogP contribution in [-0.2, 0) is 6.54 Å². The Hall–Kier alpha value is -0.650. The molecule has 2 aromatic rings. The van der Waals surface area contributed by atoms with Crippen LogP contribution in [0.25, 0.3) is 10.6 Å². The van der Waals surface area contributed by atoms with Gasteiger partial charge in [0.25, 0.3) is 0 Å². The number of halogens is 1. The molecule has 0 atom stereocenters. The summed E-state index contributed by atoms with van der Waals surface area (Å²) >= 11 is 5.11. The average Bonchev–Trinajstić information content (AvgIpc) is 2.86. The van der Waals surface area contributed by atoms with Crippen molar-refractivity contribution in [2.75, 3.05) is 6.54 Å². The van der Waals surface area contributed by atoms with Gasteiger partial charge in [0.05, 0.1) is 14.9 Å². The number of thiophene rings is 1. The molecular weight excluding hydrogens is 300 g/mol. The van der Waals surface area contributed by atoms with Gasteiger partial charge in [-0.25, -0.2) is 0 Å². The summed E-state index contributed by atoms with van der Waals surface area (Å²) in [6.07, 6.45) is 1.79. The molecule has 17 heavy (non-hydrogen) atoms. The minimum atomic E-state index is 0.647. The van der Waals surface area contributed by atoms with Gasteiger partial charge in [0.2, 0.25) is 0 Å². The summed E-state index contributed by atoms with van der Waals surface area (Å²) in [5, 5.41) is 7.28. The first-order valence-electron chi connectivity index (χ1n) is 5.57. The highest BCUT2D eigenvalue weighted by Crippen LogP contribution is 2.33. The Morgan fingerprint density at radius 1 is 1.47 bits per heavy atom. The van der Waals surface area contributed by atoms with Gasteiger partial charge in [-0.15, -0.1) is 11.3 Å². The molecule has 0 aliphatic rings. The second-order valence-corrected chi connectivity index (χ2v) is 6.77. The Labute approximate surface area is 113 Å². The van der Waals surface area contributed by atoms with E-state index in [-0.39, 0.29) is 0 Å². The molecular formula is C12H15BrN2OS. The van der Waals surface area contributed by atoms with Gasteiger partial charge in [0.15, 0.2) is 5.76 Å². The van der Waals surface area contributed by atoms with E-state index >= 15 is 0 Å². The summed E-state index contributed by atoms with van der Waals surface area (Å²) in [6, 6.07) is 4.06. The maximum absolute atomic E-state index is 5.32. The molecule has 0 spiro atoms. The largest absolute Gasteiger partial charge is 0.355 e. The average molecular weight is 315 g/mol. The van der Waals surface area contributed by atoms with Gasteiger partial charge in [-0.05, 0) is 40.5 Å². The minimum Gasteiger partial charge on any atom is -0.355 e. The van der Waals surface area contributed by atoms with Gasteiger partial charge < -0.3 is 9.84 Å². The highest BCUT2D eigenvalue weighted by atomic mass is 79.9. The third-order valence-corrected chi connectivity index (χ3v) is 3.93. The van der Waals surface area contributed by atoms with Gasteiger partial charge in [0.1, 0.15) is 0 Å². The fourth-order valence-corrected chi connectivity index (χ4v) is 2.92. The molecule has 0 aliphatic carbocycles. The maximum atomic E-state index is 5.32. The third-order valence-electron chi connectivity index (χ3n) is 2.31. The van der Waals surface area contributed by atoms with Gasteiger partial charge in [-0.2, -0.15) is 0 Å². The van der Waals surface area contributed by atoms with Crippen LogP contribution in [0.3, 0.4) is 0 Å². The molecule has 92 valence electrons. The van der Waals surface area contributed by atoms with Gasteiger partial charge in [-0.1, -0.05) is 19.0 Å². The lowest BCUT2D eigenvalue weighted by molar-refractivity contribution is 0.432. The minimum absolute atomic E-state index is 0.647. The molecule has 1 N–H and O–H groups in total. The van der Waals surface area contributed by atoms with Crippen LogP contribution in [0, 0.1) is 5.92 Å². The number of nitrogens with zero attached hydrogens (tertiary/aromatic N) is 1. The van der Waals surface area contributed by atoms with E-state index in [1.165, 1.54) is 0 Å². The molecule has 2 rings (SSSR count). The van der Waals surface area contributed by atoms with E-state index in [1.54, 1.807) is 17.5 Å². The van der Waals surface area contributed by atoms with Crippen molar-refractivity contribution in [3.63, 3.8) is 0 Å². The Morgan fingerprint density at radius 2 is 2.29 bits per heavy atom. The fraction of sp³-hybridized carbons (Fsp3) is 0.417. The van der Waals surface area contributed by atoms with Gasteiger partial charge in [-0.3, -0.25) is 0 Å². The summed E-state index contributed by atoms with van der Waals surface area (Å²) < 4.78 is 6.42. The van der Waals surface area contributed by atoms with Crippen molar-refractivity contribution in [3.8, 4) is 10.6 Å². The number of nitrogens with one attached hydrogen (secondary N) is 1. The van der Waals surface area contributed by atoms with E-state index in [9.17, 15) is 0 Å². The zero-order valence-corrected chi connectivity index (χ0v) is 12.3. The van der Waals surface area contributed by atoms with E-state index in [0.717, 1.165) is 33.1 Å². The van der Waals surface area contributed by atoms with Crippen LogP contribution >= 0.6 is 27.3 Å². The molecule has 0 aliphatic heterocycles. The number of hydrogen-bond donors (Lipinski definition) is 1. The predicted molar refractivity (Wildman–Crippen MR) is 74.1 cm³/mol. The number of rotatable bonds is 5. The summed E-state index contributed by atoms with van der Waals surface area (Å²) in [5.74, 6) is 1.52. The van der Waals surface area contributed by atoms with E-state index < -0.39 is 0 Å². The zero-order chi connectivity index (χ0) is 12.3. The monoisotopic (exact) mass is 314 g/mol. The topological polar surface area (TPSA) is 38.1 Å². The van der Waals surface area contributed by atoms with Crippen molar-refractivity contribution in [3.05, 3.63) is 27.7 Å². The van der Waals surface area contributed by atoms with Crippen LogP contribution in [0.1, 0.15) is 19.4 Å². The second kappa shape index (κ2) is 5.80. The van der Waals surface area contributed by atoms with Crippen molar-refractivity contribution in [1.29, 1.82) is 0 Å². The second-order valence-electron chi connectivity index (χ2n) is 4.31. The molecule has 0 radical (unpaired) electrons. The predicted octanol–water partition coefficient (Wildman–Crippen LogP) is 3.91. The van der Waals surface area contributed by atoms with Gasteiger partial charge >= 0.3 is 0 Å². The molecule has 0 amide bonds. The van der Waals surface area contributed by atoms with Crippen molar-refractivity contribution < 1.29 is 4.52 Å². The highest BCUT2D eigenvalue weighted by Gasteiger charge is 2.12. The molecule has 0 saturated heterocycles. The van der Waals surface area contributed by atoms with Crippen LogP contribution in [0.5, 0.6) is 0 Å². The Morgan fingerprint density at radius 3 is 2.94 bits per heavy atom. The smallest absolute Gasteiger partial charge is 0.181 e. The van der Waals surface area contributed by atoms with E-state index in [0.29, 0.717) is 5.92 Å². The molecule has 0 unspecified atom stereocenters. The Bertz CT molecular complexity index is 478. The van der Waals surface area contributed by atoms with E-state index in [2.05, 4.69) is 40.3 Å². The molecule has 0 fully saturated rings. The van der Waals surface area contributed by atoms with Crippen LogP contribution < -0.4 is 5.32 Å². The molecule has 2 aromatic heterocycles.